The molecule has 1 aliphatic heterocycles. The minimum absolute atomic E-state index is 0.151. The highest BCUT2D eigenvalue weighted by atomic mass is 32.2. The Morgan fingerprint density at radius 3 is 2.39 bits per heavy atom. The Labute approximate surface area is 387 Å². The fourth-order valence-corrected chi connectivity index (χ4v) is 7.71. The van der Waals surface area contributed by atoms with Crippen molar-refractivity contribution in [2.45, 2.75) is 55.7 Å². The summed E-state index contributed by atoms with van der Waals surface area (Å²) >= 11 is 0. The van der Waals surface area contributed by atoms with Crippen molar-refractivity contribution in [2.24, 2.45) is 5.10 Å². The van der Waals surface area contributed by atoms with Crippen LogP contribution in [0.1, 0.15) is 53.6 Å². The van der Waals surface area contributed by atoms with Gasteiger partial charge >= 0.3 is 5.97 Å². The SMILES string of the molecule is O=C(NCCCOc1ccc(CC(N[C@H](O)CCCCCOc2cc(-c3ccc4c(c3)OCO4)cc(-c3ccccc3)n2)C(=O)O)cc1)c1ccc([NH2+]/N=C/c2ccccc2S(=O)(=O)[O-])nc1. The Morgan fingerprint density at radius 2 is 1.61 bits per heavy atom. The monoisotopic (exact) mass is 930 g/mol. The van der Waals surface area contributed by atoms with Crippen LogP contribution in [0, 0.1) is 0 Å². The third-order valence-corrected chi connectivity index (χ3v) is 11.4. The molecule has 67 heavy (non-hydrogen) atoms. The van der Waals surface area contributed by atoms with Gasteiger partial charge in [0.1, 0.15) is 28.1 Å². The number of carboxylic acid groups (broad SMARTS) is 1. The summed E-state index contributed by atoms with van der Waals surface area (Å²) in [5, 5.41) is 30.3. The van der Waals surface area contributed by atoms with Gasteiger partial charge < -0.3 is 39.0 Å². The molecule has 0 fully saturated rings. The molecular formula is C49H50N6O11S. The second-order valence-corrected chi connectivity index (χ2v) is 16.8. The van der Waals surface area contributed by atoms with Crippen molar-refractivity contribution in [3.63, 3.8) is 0 Å². The van der Waals surface area contributed by atoms with Crippen LogP contribution in [0.25, 0.3) is 22.4 Å². The zero-order valence-corrected chi connectivity index (χ0v) is 37.1. The van der Waals surface area contributed by atoms with E-state index in [0.717, 1.165) is 34.4 Å². The zero-order valence-electron chi connectivity index (χ0n) is 36.3. The number of amides is 1. The van der Waals surface area contributed by atoms with Gasteiger partial charge in [0.2, 0.25) is 12.7 Å². The second-order valence-electron chi connectivity index (χ2n) is 15.5. The number of benzene rings is 4. The summed E-state index contributed by atoms with van der Waals surface area (Å²) in [5.74, 6) is 1.49. The van der Waals surface area contributed by atoms with Crippen molar-refractivity contribution in [2.75, 3.05) is 26.6 Å². The molecule has 0 spiro atoms. The number of carboxylic acids is 1. The Morgan fingerprint density at radius 1 is 0.836 bits per heavy atom. The first-order valence-corrected chi connectivity index (χ1v) is 23.0. The Bertz CT molecular complexity index is 2740. The van der Waals surface area contributed by atoms with Crippen LogP contribution in [0.5, 0.6) is 23.1 Å². The number of aliphatic hydroxyl groups is 1. The summed E-state index contributed by atoms with van der Waals surface area (Å²) in [5.41, 5.74) is 6.22. The first kappa shape index (κ1) is 47.7. The first-order valence-electron chi connectivity index (χ1n) is 21.6. The minimum atomic E-state index is -4.65. The first-order chi connectivity index (χ1) is 32.5. The van der Waals surface area contributed by atoms with Crippen LogP contribution in [0.3, 0.4) is 0 Å². The van der Waals surface area contributed by atoms with Crippen LogP contribution in [0.4, 0.5) is 5.82 Å². The van der Waals surface area contributed by atoms with E-state index in [1.54, 1.807) is 42.5 Å². The highest BCUT2D eigenvalue weighted by Gasteiger charge is 2.21. The van der Waals surface area contributed by atoms with E-state index in [9.17, 15) is 32.8 Å². The number of unbranched alkanes of at least 4 members (excludes halogenated alkanes) is 2. The van der Waals surface area contributed by atoms with Gasteiger partial charge in [-0.2, -0.15) is 5.43 Å². The van der Waals surface area contributed by atoms with Gasteiger partial charge in [-0.25, -0.2) is 18.4 Å². The lowest BCUT2D eigenvalue weighted by molar-refractivity contribution is -0.580. The van der Waals surface area contributed by atoms with Gasteiger partial charge in [0.15, 0.2) is 11.5 Å². The average Bonchev–Trinajstić information content (AvgIpc) is 3.81. The number of hydrogen-bond acceptors (Lipinski definition) is 14. The number of ether oxygens (including phenoxy) is 4. The number of aliphatic hydroxyl groups excluding tert-OH is 1. The van der Waals surface area contributed by atoms with Crippen LogP contribution in [0.2, 0.25) is 0 Å². The standard InChI is InChI=1S/C49H50N6O11S/c56-46(14-5-2-8-24-64-47-29-38(27-40(54-47)34-10-3-1-4-11-34)35-17-21-42-43(28-35)66-32-65-42)53-41(49(58)59)26-33-15-19-39(20-16-33)63-25-9-23-50-48(57)37-18-22-45(51-30-37)55-52-31-36-12-6-7-13-44(36)67(60,61)62/h1,3-4,6-7,10-13,15-22,27-31,41,46,53,56H,2,5,8-9,14,23-26,32H2,(H,50,57)(H,51,55)(H,58,59)(H,60,61,62)/b52-31+/t41?,46-/m1/s1. The van der Waals surface area contributed by atoms with Crippen molar-refractivity contribution in [1.29, 1.82) is 0 Å². The third-order valence-electron chi connectivity index (χ3n) is 10.5. The second kappa shape index (κ2) is 23.3. The number of nitrogens with one attached hydrogen (secondary N) is 2. The number of aliphatic carboxylic acids is 1. The number of rotatable bonds is 24. The number of aromatic nitrogens is 2. The molecule has 6 aromatic rings. The lowest BCUT2D eigenvalue weighted by Gasteiger charge is -2.19. The lowest BCUT2D eigenvalue weighted by atomic mass is 10.0. The number of hydrogen-bond donors (Lipinski definition) is 5. The molecule has 1 unspecified atom stereocenters. The maximum Gasteiger partial charge on any atom is 0.321 e. The molecule has 1 aliphatic rings. The number of fused-ring (bicyclic) bond motifs is 1. The van der Waals surface area contributed by atoms with E-state index in [2.05, 4.69) is 20.7 Å². The molecule has 2 aromatic heterocycles. The molecule has 0 saturated heterocycles. The summed E-state index contributed by atoms with van der Waals surface area (Å²) in [6.07, 6.45) is 4.78. The summed E-state index contributed by atoms with van der Waals surface area (Å²) in [4.78, 5) is 33.3. The van der Waals surface area contributed by atoms with Crippen molar-refractivity contribution in [1.82, 2.24) is 20.6 Å². The smallest absolute Gasteiger partial charge is 0.321 e. The van der Waals surface area contributed by atoms with Crippen molar-refractivity contribution in [3.8, 4) is 45.5 Å². The normalized spacial score (nSPS) is 13.0. The lowest BCUT2D eigenvalue weighted by Crippen LogP contribution is -2.71. The van der Waals surface area contributed by atoms with Gasteiger partial charge in [-0.3, -0.25) is 14.9 Å². The molecule has 2 atom stereocenters. The molecule has 17 nitrogen and oxygen atoms in total. The van der Waals surface area contributed by atoms with Crippen LogP contribution in [-0.4, -0.2) is 90.1 Å². The molecule has 6 N–H and O–H groups in total. The van der Waals surface area contributed by atoms with E-state index < -0.39 is 28.4 Å². The van der Waals surface area contributed by atoms with Gasteiger partial charge in [0, 0.05) is 36.0 Å². The van der Waals surface area contributed by atoms with Crippen molar-refractivity contribution >= 4 is 34.0 Å². The molecule has 1 amide bonds. The third kappa shape index (κ3) is 14.1. The molecule has 0 bridgehead atoms. The van der Waals surface area contributed by atoms with E-state index in [1.165, 1.54) is 36.0 Å². The number of carbonyl (C=O) groups is 2. The van der Waals surface area contributed by atoms with Crippen molar-refractivity contribution < 1.29 is 57.1 Å². The minimum Gasteiger partial charge on any atom is -0.744 e. The molecule has 7 rings (SSSR count). The predicted molar refractivity (Wildman–Crippen MR) is 246 cm³/mol. The number of pyridine rings is 2. The fraction of sp³-hybridized carbons (Fsp3) is 0.245. The summed E-state index contributed by atoms with van der Waals surface area (Å²) in [6.45, 7) is 1.27. The van der Waals surface area contributed by atoms with Crippen LogP contribution in [0.15, 0.2) is 138 Å². The largest absolute Gasteiger partial charge is 0.744 e. The van der Waals surface area contributed by atoms with Gasteiger partial charge in [-0.1, -0.05) is 71.8 Å². The molecule has 348 valence electrons. The predicted octanol–water partition coefficient (Wildman–Crippen LogP) is 5.41. The Balaban J connectivity index is 0.780. The molecule has 3 heterocycles. The number of nitrogens with zero attached hydrogens (tertiary/aromatic N) is 3. The fourth-order valence-electron chi connectivity index (χ4n) is 7.05. The zero-order chi connectivity index (χ0) is 47.0. The van der Waals surface area contributed by atoms with Crippen LogP contribution >= 0.6 is 0 Å². The number of nitrogens with two attached hydrogens (primary N) is 1. The van der Waals surface area contributed by atoms with Crippen molar-refractivity contribution in [3.05, 3.63) is 144 Å². The molecule has 18 heteroatoms. The quantitative estimate of drug-likeness (QED) is 0.0127. The number of quaternary nitrogens is 1. The van der Waals surface area contributed by atoms with E-state index in [4.69, 9.17) is 23.9 Å². The molecule has 0 radical (unpaired) electrons. The van der Waals surface area contributed by atoms with E-state index in [1.807, 2.05) is 60.7 Å². The highest BCUT2D eigenvalue weighted by Crippen LogP contribution is 2.37. The molecule has 4 aromatic carbocycles. The van der Waals surface area contributed by atoms with Gasteiger partial charge in [-0.05, 0) is 97.7 Å². The maximum atomic E-state index is 12.6. The van der Waals surface area contributed by atoms with Crippen LogP contribution < -0.4 is 35.0 Å². The van der Waals surface area contributed by atoms with Crippen LogP contribution in [-0.2, 0) is 21.3 Å². The topological polar surface area (TPSA) is 248 Å². The summed E-state index contributed by atoms with van der Waals surface area (Å²) in [7, 11) is -4.65. The maximum absolute atomic E-state index is 12.6. The molecular weight excluding hydrogens is 881 g/mol. The number of carbonyl (C=O) groups excluding carboxylic acids is 1. The summed E-state index contributed by atoms with van der Waals surface area (Å²) in [6, 6.07) is 34.5. The van der Waals surface area contributed by atoms with Gasteiger partial charge in [0.25, 0.3) is 11.7 Å². The highest BCUT2D eigenvalue weighted by molar-refractivity contribution is 7.85. The Hall–Kier alpha value is -7.22. The molecule has 0 saturated carbocycles. The average molecular weight is 931 g/mol. The van der Waals surface area contributed by atoms with Gasteiger partial charge in [-0.15, -0.1) is 0 Å². The molecule has 0 aliphatic carbocycles. The Kier molecular flexibility index (Phi) is 16.6. The van der Waals surface area contributed by atoms with E-state index in [-0.39, 0.29) is 29.6 Å². The van der Waals surface area contributed by atoms with E-state index in [0.29, 0.717) is 80.0 Å². The van der Waals surface area contributed by atoms with Gasteiger partial charge in [0.05, 0.1) is 35.6 Å². The summed E-state index contributed by atoms with van der Waals surface area (Å²) < 4.78 is 57.4. The van der Waals surface area contributed by atoms with E-state index >= 15 is 0 Å².